The van der Waals surface area contributed by atoms with Gasteiger partial charge < -0.3 is 9.22 Å². The summed E-state index contributed by atoms with van der Waals surface area (Å²) in [5.41, 5.74) is 0. The minimum Gasteiger partial charge on any atom is -0.329 e. The topological polar surface area (TPSA) is 9.23 Å². The van der Waals surface area contributed by atoms with Gasteiger partial charge in [-0.05, 0) is 20.3 Å². The number of ether oxygens (including phenoxy) is 1. The van der Waals surface area contributed by atoms with E-state index in [1.165, 1.54) is 0 Å². The van der Waals surface area contributed by atoms with Crippen LogP contribution in [0, 0.1) is 0 Å². The number of hydrogen-bond donors (Lipinski definition) is 0. The van der Waals surface area contributed by atoms with Gasteiger partial charge in [-0.3, -0.25) is 0 Å². The zero-order chi connectivity index (χ0) is 9.61. The van der Waals surface area contributed by atoms with Crippen molar-refractivity contribution in [2.45, 2.75) is 40.3 Å². The van der Waals surface area contributed by atoms with Crippen LogP contribution in [0.2, 0.25) is 0 Å². The number of quaternary nitrogens is 1. The Kier molecular flexibility index (Phi) is 5.51. The standard InChI is InChI=1S/C10H24NO/c1-6-9-12-10(4)11(5,7-2)8-3/h10H,6-9H2,1-5H3/q+1. The van der Waals surface area contributed by atoms with E-state index in [9.17, 15) is 0 Å². The van der Waals surface area contributed by atoms with Crippen LogP contribution in [0.3, 0.4) is 0 Å². The predicted molar refractivity (Wildman–Crippen MR) is 53.0 cm³/mol. The summed E-state index contributed by atoms with van der Waals surface area (Å²) in [7, 11) is 2.25. The average molecular weight is 174 g/mol. The van der Waals surface area contributed by atoms with Gasteiger partial charge in [0.1, 0.15) is 0 Å². The van der Waals surface area contributed by atoms with Crippen molar-refractivity contribution in [2.75, 3.05) is 26.7 Å². The Labute approximate surface area is 77.1 Å². The minimum atomic E-state index is 0.333. The van der Waals surface area contributed by atoms with Crippen molar-refractivity contribution in [1.29, 1.82) is 0 Å². The van der Waals surface area contributed by atoms with Crippen LogP contribution in [-0.4, -0.2) is 37.5 Å². The highest BCUT2D eigenvalue weighted by molar-refractivity contribution is 4.37. The van der Waals surface area contributed by atoms with Crippen LogP contribution in [0.15, 0.2) is 0 Å². The van der Waals surface area contributed by atoms with Crippen molar-refractivity contribution < 1.29 is 9.22 Å². The fraction of sp³-hybridized carbons (Fsp3) is 1.00. The highest BCUT2D eigenvalue weighted by atomic mass is 16.5. The van der Waals surface area contributed by atoms with Crippen LogP contribution in [-0.2, 0) is 4.74 Å². The maximum absolute atomic E-state index is 5.71. The molecule has 1 unspecified atom stereocenters. The Bertz CT molecular complexity index is 110. The molecule has 12 heavy (non-hydrogen) atoms. The average Bonchev–Trinajstić information content (AvgIpc) is 2.12. The first-order valence-electron chi connectivity index (χ1n) is 5.06. The van der Waals surface area contributed by atoms with Gasteiger partial charge in [0.2, 0.25) is 0 Å². The summed E-state index contributed by atoms with van der Waals surface area (Å²) in [5.74, 6) is 0. The quantitative estimate of drug-likeness (QED) is 0.443. The maximum Gasteiger partial charge on any atom is 0.190 e. The van der Waals surface area contributed by atoms with Crippen molar-refractivity contribution in [1.82, 2.24) is 0 Å². The molecule has 0 aromatic rings. The molecule has 0 saturated carbocycles. The molecule has 74 valence electrons. The normalized spacial score (nSPS) is 14.8. The molecule has 0 aliphatic heterocycles. The van der Waals surface area contributed by atoms with E-state index in [0.717, 1.165) is 30.6 Å². The molecule has 0 amide bonds. The fourth-order valence-corrected chi connectivity index (χ4v) is 1.21. The second-order valence-corrected chi connectivity index (χ2v) is 3.58. The second-order valence-electron chi connectivity index (χ2n) is 3.58. The molecule has 0 aromatic heterocycles. The first kappa shape index (κ1) is 11.9. The Balaban J connectivity index is 3.93. The van der Waals surface area contributed by atoms with Crippen molar-refractivity contribution >= 4 is 0 Å². The molecule has 1 atom stereocenters. The maximum atomic E-state index is 5.71. The summed E-state index contributed by atoms with van der Waals surface area (Å²) in [5, 5.41) is 0. The smallest absolute Gasteiger partial charge is 0.190 e. The molecule has 0 fully saturated rings. The number of rotatable bonds is 6. The van der Waals surface area contributed by atoms with Gasteiger partial charge in [0.15, 0.2) is 6.23 Å². The van der Waals surface area contributed by atoms with Crippen LogP contribution in [0.25, 0.3) is 0 Å². The Hall–Kier alpha value is -0.0800. The first-order chi connectivity index (χ1) is 5.60. The molecule has 0 aromatic carbocycles. The SMILES string of the molecule is CCCOC(C)[N+](C)(CC)CC. The third kappa shape index (κ3) is 3.11. The summed E-state index contributed by atoms with van der Waals surface area (Å²) in [4.78, 5) is 0. The Morgan fingerprint density at radius 3 is 2.00 bits per heavy atom. The van der Waals surface area contributed by atoms with E-state index in [1.807, 2.05) is 0 Å². The van der Waals surface area contributed by atoms with Crippen LogP contribution in [0.1, 0.15) is 34.1 Å². The van der Waals surface area contributed by atoms with E-state index < -0.39 is 0 Å². The second kappa shape index (κ2) is 5.55. The molecular weight excluding hydrogens is 150 g/mol. The highest BCUT2D eigenvalue weighted by Crippen LogP contribution is 2.10. The molecule has 0 heterocycles. The number of nitrogens with zero attached hydrogens (tertiary/aromatic N) is 1. The molecule has 0 radical (unpaired) electrons. The predicted octanol–water partition coefficient (Wildman–Crippen LogP) is 2.25. The van der Waals surface area contributed by atoms with Crippen molar-refractivity contribution in [2.24, 2.45) is 0 Å². The fourth-order valence-electron chi connectivity index (χ4n) is 1.21. The van der Waals surface area contributed by atoms with Gasteiger partial charge in [-0.1, -0.05) is 6.92 Å². The Morgan fingerprint density at radius 2 is 1.67 bits per heavy atom. The molecule has 0 N–H and O–H groups in total. The first-order valence-corrected chi connectivity index (χ1v) is 5.06. The number of hydrogen-bond acceptors (Lipinski definition) is 1. The lowest BCUT2D eigenvalue weighted by Crippen LogP contribution is -2.51. The van der Waals surface area contributed by atoms with E-state index in [1.54, 1.807) is 0 Å². The van der Waals surface area contributed by atoms with Gasteiger partial charge in [0.05, 0.1) is 26.7 Å². The molecule has 0 rings (SSSR count). The summed E-state index contributed by atoms with van der Waals surface area (Å²) in [6.45, 7) is 11.9. The van der Waals surface area contributed by atoms with Gasteiger partial charge in [-0.15, -0.1) is 0 Å². The van der Waals surface area contributed by atoms with Crippen molar-refractivity contribution in [3.05, 3.63) is 0 Å². The van der Waals surface area contributed by atoms with E-state index in [0.29, 0.717) is 6.23 Å². The molecule has 0 spiro atoms. The van der Waals surface area contributed by atoms with Crippen molar-refractivity contribution in [3.63, 3.8) is 0 Å². The third-order valence-corrected chi connectivity index (χ3v) is 2.89. The molecule has 0 bridgehead atoms. The lowest BCUT2D eigenvalue weighted by atomic mass is 10.3. The van der Waals surface area contributed by atoms with Crippen molar-refractivity contribution in [3.8, 4) is 0 Å². The third-order valence-electron chi connectivity index (χ3n) is 2.89. The summed E-state index contributed by atoms with van der Waals surface area (Å²) in [6, 6.07) is 0. The zero-order valence-electron chi connectivity index (χ0n) is 9.26. The van der Waals surface area contributed by atoms with E-state index in [4.69, 9.17) is 4.74 Å². The van der Waals surface area contributed by atoms with E-state index >= 15 is 0 Å². The lowest BCUT2D eigenvalue weighted by molar-refractivity contribution is -0.949. The molecule has 0 aliphatic carbocycles. The highest BCUT2D eigenvalue weighted by Gasteiger charge is 2.25. The monoisotopic (exact) mass is 174 g/mol. The van der Waals surface area contributed by atoms with Gasteiger partial charge in [0.25, 0.3) is 0 Å². The van der Waals surface area contributed by atoms with Crippen LogP contribution in [0.5, 0.6) is 0 Å². The van der Waals surface area contributed by atoms with Gasteiger partial charge in [-0.2, -0.15) is 0 Å². The summed E-state index contributed by atoms with van der Waals surface area (Å²) >= 11 is 0. The van der Waals surface area contributed by atoms with Gasteiger partial charge >= 0.3 is 0 Å². The summed E-state index contributed by atoms with van der Waals surface area (Å²) < 4.78 is 6.72. The van der Waals surface area contributed by atoms with Crippen LogP contribution >= 0.6 is 0 Å². The molecule has 2 nitrogen and oxygen atoms in total. The van der Waals surface area contributed by atoms with Crippen LogP contribution in [0.4, 0.5) is 0 Å². The largest absolute Gasteiger partial charge is 0.329 e. The molecule has 0 saturated heterocycles. The van der Waals surface area contributed by atoms with E-state index in [-0.39, 0.29) is 0 Å². The summed E-state index contributed by atoms with van der Waals surface area (Å²) in [6.07, 6.45) is 1.44. The molecule has 2 heteroatoms. The minimum absolute atomic E-state index is 0.333. The molecule has 0 aliphatic rings. The Morgan fingerprint density at radius 1 is 1.17 bits per heavy atom. The zero-order valence-corrected chi connectivity index (χ0v) is 9.26. The van der Waals surface area contributed by atoms with Gasteiger partial charge in [-0.25, -0.2) is 0 Å². The molecular formula is C10H24NO+. The van der Waals surface area contributed by atoms with E-state index in [2.05, 4.69) is 34.7 Å². The van der Waals surface area contributed by atoms with Crippen LogP contribution < -0.4 is 0 Å². The van der Waals surface area contributed by atoms with Gasteiger partial charge in [0, 0.05) is 6.92 Å². The lowest BCUT2D eigenvalue weighted by Gasteiger charge is -2.37.